The summed E-state index contributed by atoms with van der Waals surface area (Å²) in [5, 5.41) is 17.0. The van der Waals surface area contributed by atoms with Crippen molar-refractivity contribution in [3.05, 3.63) is 48.5 Å². The maximum absolute atomic E-state index is 11.9. The maximum Gasteiger partial charge on any atom is 0.407 e. The Morgan fingerprint density at radius 1 is 1.03 bits per heavy atom. The van der Waals surface area contributed by atoms with E-state index >= 15 is 0 Å². The monoisotopic (exact) mass is 429 g/mol. The van der Waals surface area contributed by atoms with Gasteiger partial charge in [0, 0.05) is 12.2 Å². The highest BCUT2D eigenvalue weighted by molar-refractivity contribution is 5.90. The highest BCUT2D eigenvalue weighted by Gasteiger charge is 2.21. The quantitative estimate of drug-likeness (QED) is 0.458. The standard InChI is InChI=1S/C22H27N3O6/c1-3-11-23-21(28)24-17-9-5-7-15(12-17)16-8-6-10-18(13-16)31-14-19(20(26)27)25-22(29)30-4-2/h5-10,12-13,19H,3-4,11,14H2,1-2H3,(H,25,29)(H,26,27)(H2,23,24,28)/t19-/m0/s1. The number of ether oxygens (including phenoxy) is 2. The Labute approximate surface area is 180 Å². The van der Waals surface area contributed by atoms with Crippen LogP contribution in [-0.4, -0.2) is 49.0 Å². The van der Waals surface area contributed by atoms with Gasteiger partial charge in [-0.15, -0.1) is 0 Å². The minimum Gasteiger partial charge on any atom is -0.491 e. The molecule has 3 amide bonds. The van der Waals surface area contributed by atoms with E-state index < -0.39 is 18.1 Å². The number of carboxylic acids is 1. The van der Waals surface area contributed by atoms with Crippen molar-refractivity contribution in [3.8, 4) is 16.9 Å². The number of carboxylic acid groups (broad SMARTS) is 1. The van der Waals surface area contributed by atoms with Gasteiger partial charge in [0.1, 0.15) is 12.4 Å². The molecule has 0 aliphatic carbocycles. The van der Waals surface area contributed by atoms with Gasteiger partial charge in [-0.3, -0.25) is 0 Å². The van der Waals surface area contributed by atoms with Crippen LogP contribution in [-0.2, 0) is 9.53 Å². The van der Waals surface area contributed by atoms with Crippen molar-refractivity contribution in [2.75, 3.05) is 25.1 Å². The second-order valence-corrected chi connectivity index (χ2v) is 6.56. The van der Waals surface area contributed by atoms with Gasteiger partial charge in [-0.25, -0.2) is 14.4 Å². The summed E-state index contributed by atoms with van der Waals surface area (Å²) in [6.45, 7) is 4.06. The van der Waals surface area contributed by atoms with Crippen molar-refractivity contribution < 1.29 is 29.0 Å². The zero-order valence-corrected chi connectivity index (χ0v) is 17.5. The molecule has 31 heavy (non-hydrogen) atoms. The van der Waals surface area contributed by atoms with Gasteiger partial charge in [0.05, 0.1) is 6.61 Å². The van der Waals surface area contributed by atoms with Gasteiger partial charge < -0.3 is 30.5 Å². The molecule has 0 spiro atoms. The third-order valence-electron chi connectivity index (χ3n) is 4.11. The van der Waals surface area contributed by atoms with E-state index in [0.29, 0.717) is 18.0 Å². The fraction of sp³-hybridized carbons (Fsp3) is 0.318. The Balaban J connectivity index is 2.06. The van der Waals surface area contributed by atoms with Crippen LogP contribution in [0.4, 0.5) is 15.3 Å². The predicted octanol–water partition coefficient (Wildman–Crippen LogP) is 3.46. The zero-order chi connectivity index (χ0) is 22.6. The normalized spacial score (nSPS) is 11.2. The molecule has 0 aliphatic rings. The molecule has 9 heteroatoms. The molecule has 0 radical (unpaired) electrons. The van der Waals surface area contributed by atoms with Crippen LogP contribution in [0.25, 0.3) is 11.1 Å². The lowest BCUT2D eigenvalue weighted by Gasteiger charge is -2.15. The maximum atomic E-state index is 11.9. The lowest BCUT2D eigenvalue weighted by atomic mass is 10.0. The number of nitrogens with one attached hydrogen (secondary N) is 3. The van der Waals surface area contributed by atoms with Gasteiger partial charge in [0.15, 0.2) is 6.04 Å². The molecule has 0 fully saturated rings. The largest absolute Gasteiger partial charge is 0.491 e. The summed E-state index contributed by atoms with van der Waals surface area (Å²) >= 11 is 0. The molecular formula is C22H27N3O6. The Morgan fingerprint density at radius 3 is 2.42 bits per heavy atom. The molecule has 0 saturated heterocycles. The first-order chi connectivity index (χ1) is 14.9. The van der Waals surface area contributed by atoms with Crippen molar-refractivity contribution in [1.82, 2.24) is 10.6 Å². The minimum atomic E-state index is -1.25. The van der Waals surface area contributed by atoms with Crippen LogP contribution in [0.3, 0.4) is 0 Å². The van der Waals surface area contributed by atoms with Crippen LogP contribution in [0.2, 0.25) is 0 Å². The second-order valence-electron chi connectivity index (χ2n) is 6.56. The molecule has 0 aromatic heterocycles. The Morgan fingerprint density at radius 2 is 1.74 bits per heavy atom. The Kier molecular flexibility index (Phi) is 9.15. The highest BCUT2D eigenvalue weighted by atomic mass is 16.5. The summed E-state index contributed by atoms with van der Waals surface area (Å²) < 4.78 is 10.3. The van der Waals surface area contributed by atoms with E-state index in [1.807, 2.05) is 31.2 Å². The average Bonchev–Trinajstić information content (AvgIpc) is 2.75. The number of benzene rings is 2. The lowest BCUT2D eigenvalue weighted by molar-refractivity contribution is -0.140. The molecule has 0 heterocycles. The molecule has 166 valence electrons. The second kappa shape index (κ2) is 12.1. The number of hydrogen-bond acceptors (Lipinski definition) is 5. The van der Waals surface area contributed by atoms with Crippen molar-refractivity contribution >= 4 is 23.8 Å². The molecule has 0 aliphatic heterocycles. The van der Waals surface area contributed by atoms with Crippen LogP contribution >= 0.6 is 0 Å². The summed E-state index contributed by atoms with van der Waals surface area (Å²) in [6.07, 6.45) is 0.0257. The van der Waals surface area contributed by atoms with Crippen LogP contribution in [0, 0.1) is 0 Å². The smallest absolute Gasteiger partial charge is 0.407 e. The van der Waals surface area contributed by atoms with Gasteiger partial charge in [-0.1, -0.05) is 31.2 Å². The number of aliphatic carboxylic acids is 1. The molecule has 2 aromatic carbocycles. The first kappa shape index (κ1) is 23.5. The van der Waals surface area contributed by atoms with E-state index in [9.17, 15) is 19.5 Å². The number of anilines is 1. The van der Waals surface area contributed by atoms with E-state index in [2.05, 4.69) is 16.0 Å². The molecule has 9 nitrogen and oxygen atoms in total. The van der Waals surface area contributed by atoms with E-state index in [4.69, 9.17) is 9.47 Å². The van der Waals surface area contributed by atoms with E-state index in [1.165, 1.54) is 0 Å². The third-order valence-corrected chi connectivity index (χ3v) is 4.11. The molecule has 4 N–H and O–H groups in total. The van der Waals surface area contributed by atoms with Gasteiger partial charge in [-0.05, 0) is 48.7 Å². The molecule has 0 saturated carbocycles. The van der Waals surface area contributed by atoms with Gasteiger partial charge in [0.2, 0.25) is 0 Å². The zero-order valence-electron chi connectivity index (χ0n) is 17.5. The first-order valence-electron chi connectivity index (χ1n) is 9.97. The Hall–Kier alpha value is -3.75. The van der Waals surface area contributed by atoms with Gasteiger partial charge in [-0.2, -0.15) is 0 Å². The SMILES string of the molecule is CCCNC(=O)Nc1cccc(-c2cccc(OC[C@H](NC(=O)OCC)C(=O)O)c2)c1. The molecule has 2 rings (SSSR count). The van der Waals surface area contributed by atoms with Crippen molar-refractivity contribution in [1.29, 1.82) is 0 Å². The van der Waals surface area contributed by atoms with Crippen molar-refractivity contribution in [3.63, 3.8) is 0 Å². The van der Waals surface area contributed by atoms with E-state index in [0.717, 1.165) is 17.5 Å². The molecule has 1 atom stereocenters. The van der Waals surface area contributed by atoms with Crippen molar-refractivity contribution in [2.45, 2.75) is 26.3 Å². The van der Waals surface area contributed by atoms with Crippen LogP contribution in [0.1, 0.15) is 20.3 Å². The number of hydrogen-bond donors (Lipinski definition) is 4. The summed E-state index contributed by atoms with van der Waals surface area (Å²) in [5.41, 5.74) is 2.31. The highest BCUT2D eigenvalue weighted by Crippen LogP contribution is 2.26. The predicted molar refractivity (Wildman–Crippen MR) is 116 cm³/mol. The van der Waals surface area contributed by atoms with Gasteiger partial charge >= 0.3 is 18.1 Å². The van der Waals surface area contributed by atoms with Crippen LogP contribution in [0.5, 0.6) is 5.75 Å². The lowest BCUT2D eigenvalue weighted by Crippen LogP contribution is -2.45. The third kappa shape index (κ3) is 7.88. The van der Waals surface area contributed by atoms with Crippen LogP contribution < -0.4 is 20.7 Å². The number of carbonyl (C=O) groups is 3. The summed E-state index contributed by atoms with van der Waals surface area (Å²) in [7, 11) is 0. The minimum absolute atomic E-state index is 0.134. The number of alkyl carbamates (subject to hydrolysis) is 1. The average molecular weight is 429 g/mol. The fourth-order valence-electron chi connectivity index (χ4n) is 2.63. The molecular weight excluding hydrogens is 402 g/mol. The summed E-state index contributed by atoms with van der Waals surface area (Å²) in [5.74, 6) is -0.794. The summed E-state index contributed by atoms with van der Waals surface area (Å²) in [4.78, 5) is 34.7. The number of amides is 3. The Bertz CT molecular complexity index is 902. The van der Waals surface area contributed by atoms with Crippen molar-refractivity contribution in [2.24, 2.45) is 0 Å². The van der Waals surface area contributed by atoms with E-state index in [1.54, 1.807) is 31.2 Å². The number of urea groups is 1. The fourth-order valence-corrected chi connectivity index (χ4v) is 2.63. The molecule has 0 unspecified atom stereocenters. The summed E-state index contributed by atoms with van der Waals surface area (Å²) in [6, 6.07) is 12.9. The van der Waals surface area contributed by atoms with Crippen LogP contribution in [0.15, 0.2) is 48.5 Å². The first-order valence-corrected chi connectivity index (χ1v) is 9.97. The number of rotatable bonds is 10. The molecule has 0 bridgehead atoms. The number of carbonyl (C=O) groups excluding carboxylic acids is 2. The van der Waals surface area contributed by atoms with E-state index in [-0.39, 0.29) is 19.2 Å². The van der Waals surface area contributed by atoms with Gasteiger partial charge in [0.25, 0.3) is 0 Å². The molecule has 2 aromatic rings. The topological polar surface area (TPSA) is 126 Å².